The van der Waals surface area contributed by atoms with Crippen LogP contribution in [0, 0.1) is 0 Å². The molecule has 12 heteroatoms. The van der Waals surface area contributed by atoms with Crippen molar-refractivity contribution in [2.24, 2.45) is 0 Å². The van der Waals surface area contributed by atoms with Crippen molar-refractivity contribution in [3.63, 3.8) is 0 Å². The van der Waals surface area contributed by atoms with Gasteiger partial charge in [-0.1, -0.05) is 254 Å². The number of ether oxygens (including phenoxy) is 5. The lowest BCUT2D eigenvalue weighted by molar-refractivity contribution is -0.301. The van der Waals surface area contributed by atoms with Gasteiger partial charge in [0.15, 0.2) is 24.6 Å². The predicted molar refractivity (Wildman–Crippen MR) is 331 cm³/mol. The number of rotatable bonds is 56. The molecule has 0 aromatic heterocycles. The van der Waals surface area contributed by atoms with Crippen LogP contribution in [0.25, 0.3) is 0 Å². The summed E-state index contributed by atoms with van der Waals surface area (Å²) >= 11 is 0. The molecule has 6 atom stereocenters. The van der Waals surface area contributed by atoms with E-state index in [9.17, 15) is 34.5 Å². The fourth-order valence-electron chi connectivity index (χ4n) is 9.74. The van der Waals surface area contributed by atoms with Gasteiger partial charge < -0.3 is 39.0 Å². The van der Waals surface area contributed by atoms with E-state index in [1.807, 2.05) is 0 Å². The van der Waals surface area contributed by atoms with Crippen LogP contribution in [0.1, 0.15) is 290 Å². The molecular weight excluding hydrogens is 1020 g/mol. The molecule has 6 unspecified atom stereocenters. The zero-order valence-electron chi connectivity index (χ0n) is 51.5. The summed E-state index contributed by atoms with van der Waals surface area (Å²) < 4.78 is 28.5. The van der Waals surface area contributed by atoms with E-state index in [2.05, 4.69) is 93.7 Å². The number of unbranched alkanes of at least 4 members (excludes halogenated alkanes) is 30. The molecule has 1 rings (SSSR count). The second kappa shape index (κ2) is 56.6. The maximum atomic E-state index is 13.2. The van der Waals surface area contributed by atoms with E-state index in [1.54, 1.807) is 0 Å². The normalized spacial score (nSPS) is 18.2. The van der Waals surface area contributed by atoms with Gasteiger partial charge >= 0.3 is 23.9 Å². The van der Waals surface area contributed by atoms with Crippen LogP contribution in [0.4, 0.5) is 0 Å². The van der Waals surface area contributed by atoms with Crippen molar-refractivity contribution in [1.29, 1.82) is 0 Å². The molecule has 0 spiro atoms. The fourth-order valence-corrected chi connectivity index (χ4v) is 9.74. The number of aliphatic hydroxyl groups excluding tert-OH is 2. The first-order valence-corrected chi connectivity index (χ1v) is 32.9. The molecule has 81 heavy (non-hydrogen) atoms. The number of esters is 3. The first-order valence-electron chi connectivity index (χ1n) is 32.9. The second-order valence-corrected chi connectivity index (χ2v) is 22.4. The number of carbonyl (C=O) groups excluding carboxylic acids is 3. The van der Waals surface area contributed by atoms with Gasteiger partial charge in [-0.25, -0.2) is 4.79 Å². The molecule has 1 aliphatic rings. The van der Waals surface area contributed by atoms with Crippen LogP contribution in [-0.2, 0) is 42.9 Å². The molecule has 0 aromatic rings. The smallest absolute Gasteiger partial charge is 0.335 e. The number of carboxylic acids is 1. The summed E-state index contributed by atoms with van der Waals surface area (Å²) in [7, 11) is 0. The zero-order chi connectivity index (χ0) is 58.9. The molecule has 12 nitrogen and oxygen atoms in total. The van der Waals surface area contributed by atoms with Crippen molar-refractivity contribution in [2.45, 2.75) is 327 Å². The van der Waals surface area contributed by atoms with E-state index in [0.717, 1.165) is 122 Å². The molecular formula is C69H118O12. The predicted octanol–water partition coefficient (Wildman–Crippen LogP) is 17.7. The van der Waals surface area contributed by atoms with E-state index >= 15 is 0 Å². The minimum absolute atomic E-state index is 0.0431. The summed E-state index contributed by atoms with van der Waals surface area (Å²) in [6.45, 7) is 5.87. The molecule has 466 valence electrons. The molecule has 1 fully saturated rings. The Morgan fingerprint density at radius 2 is 0.778 bits per heavy atom. The summed E-state index contributed by atoms with van der Waals surface area (Å²) in [5.41, 5.74) is 0. The van der Waals surface area contributed by atoms with Gasteiger partial charge in [-0.2, -0.15) is 0 Å². The Labute approximate surface area is 493 Å². The highest BCUT2D eigenvalue weighted by molar-refractivity contribution is 5.74. The van der Waals surface area contributed by atoms with Gasteiger partial charge in [-0.15, -0.1) is 0 Å². The van der Waals surface area contributed by atoms with E-state index in [0.29, 0.717) is 19.3 Å². The fraction of sp³-hybridized carbons (Fsp3) is 0.768. The van der Waals surface area contributed by atoms with Gasteiger partial charge in [0, 0.05) is 19.3 Å². The quantitative estimate of drug-likeness (QED) is 0.0228. The minimum atomic E-state index is -1.91. The van der Waals surface area contributed by atoms with Crippen LogP contribution in [-0.4, -0.2) is 89.2 Å². The standard InChI is InChI=1S/C69H118O12/c1-4-7-10-13-16-19-22-25-28-30-31-33-36-39-42-45-48-51-54-57-63(72)80-67-65(74)64(73)66(68(75)76)81-69(67)78-59-60(79-62(71)56-53-50-47-44-41-38-34-27-24-21-18-15-12-9-6-3)58-77-61(70)55-52-49-46-43-40-37-35-32-29-26-23-20-17-14-11-8-5-2/h9,12,16,18-19,21,25,27-28,31,33-34,60,64-67,69,73-74H,4-8,10-11,13-15,17,20,22-24,26,29-30,32,35-59H2,1-3H3,(H,75,76)/b12-9-,19-16-,21-18-,28-25-,33-31-,34-27-. The Kier molecular flexibility index (Phi) is 52.6. The number of carbonyl (C=O) groups is 4. The zero-order valence-corrected chi connectivity index (χ0v) is 51.5. The van der Waals surface area contributed by atoms with E-state index in [-0.39, 0.29) is 25.9 Å². The molecule has 0 amide bonds. The summed E-state index contributed by atoms with van der Waals surface area (Å²) in [5, 5.41) is 31.6. The highest BCUT2D eigenvalue weighted by atomic mass is 16.7. The summed E-state index contributed by atoms with van der Waals surface area (Å²) in [6.07, 6.45) is 60.0. The van der Waals surface area contributed by atoms with Gasteiger partial charge in [0.05, 0.1) is 6.61 Å². The Morgan fingerprint density at radius 3 is 1.21 bits per heavy atom. The van der Waals surface area contributed by atoms with Gasteiger partial charge in [0.2, 0.25) is 0 Å². The van der Waals surface area contributed by atoms with Crippen molar-refractivity contribution < 1.29 is 58.2 Å². The maximum absolute atomic E-state index is 13.2. The van der Waals surface area contributed by atoms with Crippen molar-refractivity contribution in [2.75, 3.05) is 13.2 Å². The van der Waals surface area contributed by atoms with E-state index in [4.69, 9.17) is 23.7 Å². The number of hydrogen-bond acceptors (Lipinski definition) is 11. The molecule has 0 bridgehead atoms. The molecule has 1 heterocycles. The third kappa shape index (κ3) is 46.3. The molecule has 1 aliphatic heterocycles. The highest BCUT2D eigenvalue weighted by Crippen LogP contribution is 2.27. The van der Waals surface area contributed by atoms with Crippen LogP contribution < -0.4 is 0 Å². The molecule has 0 aliphatic carbocycles. The Hall–Kier alpha value is -3.84. The lowest BCUT2D eigenvalue weighted by Crippen LogP contribution is -2.61. The van der Waals surface area contributed by atoms with Gasteiger partial charge in [0.1, 0.15) is 18.8 Å². The monoisotopic (exact) mass is 1140 g/mol. The number of allylic oxidation sites excluding steroid dienone is 12. The van der Waals surface area contributed by atoms with Gasteiger partial charge in [-0.05, 0) is 89.9 Å². The molecule has 0 radical (unpaired) electrons. The maximum Gasteiger partial charge on any atom is 0.335 e. The topological polar surface area (TPSA) is 175 Å². The SMILES string of the molecule is CC/C=C\C/C=C\C/C=C\CCCCCCCC(=O)OC(COC(=O)CCCCCCCCCCCCCCCCCCC)COC1OC(C(=O)O)C(O)C(O)C1OC(=O)CCCCCCCC/C=C\C/C=C\C/C=C\CCCCC. The average molecular weight is 1140 g/mol. The summed E-state index contributed by atoms with van der Waals surface area (Å²) in [4.78, 5) is 51.3. The van der Waals surface area contributed by atoms with Crippen LogP contribution in [0.5, 0.6) is 0 Å². The number of aliphatic carboxylic acids is 1. The van der Waals surface area contributed by atoms with Crippen LogP contribution in [0.15, 0.2) is 72.9 Å². The van der Waals surface area contributed by atoms with Crippen molar-refractivity contribution in [3.8, 4) is 0 Å². The number of aliphatic hydroxyl groups is 2. The second-order valence-electron chi connectivity index (χ2n) is 22.4. The van der Waals surface area contributed by atoms with Crippen molar-refractivity contribution in [3.05, 3.63) is 72.9 Å². The largest absolute Gasteiger partial charge is 0.479 e. The third-order valence-corrected chi connectivity index (χ3v) is 14.8. The molecule has 0 aromatic carbocycles. The minimum Gasteiger partial charge on any atom is -0.479 e. The molecule has 0 saturated carbocycles. The molecule has 3 N–H and O–H groups in total. The Balaban J connectivity index is 2.66. The van der Waals surface area contributed by atoms with E-state index < -0.39 is 67.3 Å². The van der Waals surface area contributed by atoms with Crippen LogP contribution in [0.2, 0.25) is 0 Å². The van der Waals surface area contributed by atoms with Crippen LogP contribution >= 0.6 is 0 Å². The first-order chi connectivity index (χ1) is 39.6. The third-order valence-electron chi connectivity index (χ3n) is 14.8. The number of hydrogen-bond donors (Lipinski definition) is 3. The lowest BCUT2D eigenvalue weighted by atomic mass is 9.98. The lowest BCUT2D eigenvalue weighted by Gasteiger charge is -2.40. The Morgan fingerprint density at radius 1 is 0.420 bits per heavy atom. The van der Waals surface area contributed by atoms with Gasteiger partial charge in [-0.3, -0.25) is 14.4 Å². The number of carboxylic acid groups (broad SMARTS) is 1. The van der Waals surface area contributed by atoms with Crippen molar-refractivity contribution >= 4 is 23.9 Å². The summed E-state index contributed by atoms with van der Waals surface area (Å²) in [6, 6.07) is 0. The Bertz CT molecular complexity index is 1680. The summed E-state index contributed by atoms with van der Waals surface area (Å²) in [5.74, 6) is -3.14. The first kappa shape index (κ1) is 75.2. The van der Waals surface area contributed by atoms with Crippen LogP contribution in [0.3, 0.4) is 0 Å². The highest BCUT2D eigenvalue weighted by Gasteiger charge is 2.50. The average Bonchev–Trinajstić information content (AvgIpc) is 3.52. The van der Waals surface area contributed by atoms with Crippen molar-refractivity contribution in [1.82, 2.24) is 0 Å². The van der Waals surface area contributed by atoms with Gasteiger partial charge in [0.25, 0.3) is 0 Å². The van der Waals surface area contributed by atoms with E-state index in [1.165, 1.54) is 109 Å². The molecule has 1 saturated heterocycles.